The Labute approximate surface area is 105 Å². The minimum atomic E-state index is 1.28. The first-order chi connectivity index (χ1) is 8.18. The highest BCUT2D eigenvalue weighted by Crippen LogP contribution is 2.16. The fraction of sp³-hybridized carbons (Fsp3) is 0.846. The molecule has 0 radical (unpaired) electrons. The van der Waals surface area contributed by atoms with Crippen LogP contribution in [0.3, 0.4) is 0 Å². The summed E-state index contributed by atoms with van der Waals surface area (Å²) in [6.07, 6.45) is 9.91. The third-order valence-electron chi connectivity index (χ3n) is 3.30. The number of quaternary nitrogens is 1. The van der Waals surface area contributed by atoms with Crippen molar-refractivity contribution >= 4 is 6.01 Å². The number of aliphatic imine (C=N–C) groups is 1. The maximum Gasteiger partial charge on any atom is 0.0925 e. The molecule has 1 heterocycles. The Morgan fingerprint density at radius 3 is 2.18 bits per heavy atom. The van der Waals surface area contributed by atoms with Crippen molar-refractivity contribution in [3.63, 3.8) is 0 Å². The molecule has 17 heavy (non-hydrogen) atoms. The SMILES string of the molecule is CCCC[N+]1(C)CCCCCC1.N#CN=C=[N-]. The van der Waals surface area contributed by atoms with Gasteiger partial charge in [0, 0.05) is 0 Å². The molecular weight excluding hydrogens is 212 g/mol. The van der Waals surface area contributed by atoms with E-state index in [4.69, 9.17) is 10.7 Å². The molecule has 1 rings (SSSR count). The van der Waals surface area contributed by atoms with Crippen LogP contribution in [-0.2, 0) is 0 Å². The molecule has 1 aliphatic heterocycles. The van der Waals surface area contributed by atoms with Crippen LogP contribution in [0.4, 0.5) is 0 Å². The van der Waals surface area contributed by atoms with E-state index in [1.54, 1.807) is 0 Å². The van der Waals surface area contributed by atoms with Gasteiger partial charge in [-0.3, -0.25) is 0 Å². The Kier molecular flexibility index (Phi) is 9.33. The number of hydrogen-bond donors (Lipinski definition) is 0. The lowest BCUT2D eigenvalue weighted by Crippen LogP contribution is -2.45. The van der Waals surface area contributed by atoms with Gasteiger partial charge in [-0.2, -0.15) is 5.26 Å². The van der Waals surface area contributed by atoms with Gasteiger partial charge >= 0.3 is 0 Å². The third kappa shape index (κ3) is 8.62. The summed E-state index contributed by atoms with van der Waals surface area (Å²) >= 11 is 0. The van der Waals surface area contributed by atoms with E-state index < -0.39 is 0 Å². The molecular formula is C13H24N4. The van der Waals surface area contributed by atoms with Gasteiger partial charge in [-0.05, 0) is 32.1 Å². The predicted molar refractivity (Wildman–Crippen MR) is 70.6 cm³/mol. The fourth-order valence-electron chi connectivity index (χ4n) is 2.24. The minimum absolute atomic E-state index is 1.28. The molecule has 96 valence electrons. The van der Waals surface area contributed by atoms with Crippen molar-refractivity contribution in [3.8, 4) is 6.19 Å². The monoisotopic (exact) mass is 236 g/mol. The van der Waals surface area contributed by atoms with Gasteiger partial charge in [0.15, 0.2) is 0 Å². The molecule has 0 bridgehead atoms. The summed E-state index contributed by atoms with van der Waals surface area (Å²) in [6.45, 7) is 6.57. The highest BCUT2D eigenvalue weighted by atomic mass is 15.3. The number of rotatable bonds is 3. The van der Waals surface area contributed by atoms with Gasteiger partial charge < -0.3 is 14.9 Å². The van der Waals surface area contributed by atoms with Crippen molar-refractivity contribution in [2.45, 2.75) is 45.4 Å². The first-order valence-electron chi connectivity index (χ1n) is 6.50. The van der Waals surface area contributed by atoms with Gasteiger partial charge in [-0.25, -0.2) is 0 Å². The molecule has 0 aromatic rings. The van der Waals surface area contributed by atoms with Gasteiger partial charge in [-0.15, -0.1) is 6.01 Å². The Balaban J connectivity index is 0.000000437. The maximum atomic E-state index is 7.43. The molecule has 1 saturated heterocycles. The molecule has 0 aliphatic carbocycles. The first kappa shape index (κ1) is 15.8. The molecule has 1 fully saturated rings. The Bertz CT molecular complexity index is 266. The smallest absolute Gasteiger partial charge is 0.0925 e. The second kappa shape index (κ2) is 10.0. The lowest BCUT2D eigenvalue weighted by Gasteiger charge is -2.33. The normalized spacial score (nSPS) is 17.7. The van der Waals surface area contributed by atoms with Crippen molar-refractivity contribution in [1.82, 2.24) is 0 Å². The number of unbranched alkanes of at least 4 members (excludes halogenated alkanes) is 1. The highest BCUT2D eigenvalue weighted by molar-refractivity contribution is 5.46. The molecule has 0 spiro atoms. The molecule has 0 atom stereocenters. The summed E-state index contributed by atoms with van der Waals surface area (Å²) in [5, 5.41) is 14.9. The van der Waals surface area contributed by atoms with Crippen molar-refractivity contribution in [2.24, 2.45) is 4.99 Å². The summed E-state index contributed by atoms with van der Waals surface area (Å²) in [5.41, 5.74) is 0. The van der Waals surface area contributed by atoms with Gasteiger partial charge in [-0.1, -0.05) is 13.3 Å². The average molecular weight is 236 g/mol. The quantitative estimate of drug-likeness (QED) is 0.422. The van der Waals surface area contributed by atoms with E-state index in [1.165, 1.54) is 74.8 Å². The summed E-state index contributed by atoms with van der Waals surface area (Å²) in [5.74, 6) is 0. The van der Waals surface area contributed by atoms with E-state index in [-0.39, 0.29) is 0 Å². The zero-order chi connectivity index (χ0) is 13.0. The number of hydrogen-bond acceptors (Lipinski definition) is 2. The van der Waals surface area contributed by atoms with Crippen molar-refractivity contribution in [1.29, 1.82) is 5.26 Å². The van der Waals surface area contributed by atoms with Crippen LogP contribution in [0.25, 0.3) is 5.41 Å². The lowest BCUT2D eigenvalue weighted by atomic mass is 10.2. The Morgan fingerprint density at radius 2 is 1.82 bits per heavy atom. The predicted octanol–water partition coefficient (Wildman–Crippen LogP) is 3.02. The molecule has 0 saturated carbocycles. The van der Waals surface area contributed by atoms with Crippen LogP contribution in [-0.4, -0.2) is 37.2 Å². The molecule has 0 amide bonds. The van der Waals surface area contributed by atoms with E-state index in [2.05, 4.69) is 19.0 Å². The van der Waals surface area contributed by atoms with Crippen LogP contribution in [0.5, 0.6) is 0 Å². The molecule has 4 heteroatoms. The van der Waals surface area contributed by atoms with Gasteiger partial charge in [0.05, 0.1) is 32.9 Å². The van der Waals surface area contributed by atoms with E-state index in [0.29, 0.717) is 0 Å². The second-order valence-corrected chi connectivity index (χ2v) is 4.87. The summed E-state index contributed by atoms with van der Waals surface area (Å²) < 4.78 is 1.36. The molecule has 0 unspecified atom stereocenters. The standard InChI is InChI=1S/C11H24N.C2N3/c1-3-4-9-12(2)10-7-5-6-8-11-12;3-1-5-2-4/h3-11H2,1-2H3;/q+1;-1. The second-order valence-electron chi connectivity index (χ2n) is 4.87. The van der Waals surface area contributed by atoms with Gasteiger partial charge in [0.1, 0.15) is 0 Å². The van der Waals surface area contributed by atoms with Crippen molar-refractivity contribution < 1.29 is 4.48 Å². The van der Waals surface area contributed by atoms with Crippen LogP contribution < -0.4 is 0 Å². The lowest BCUT2D eigenvalue weighted by molar-refractivity contribution is -0.909. The largest absolute Gasteiger partial charge is 0.422 e. The average Bonchev–Trinajstić information content (AvgIpc) is 2.54. The molecule has 1 aliphatic rings. The topological polar surface area (TPSA) is 58.5 Å². The van der Waals surface area contributed by atoms with E-state index >= 15 is 0 Å². The van der Waals surface area contributed by atoms with E-state index in [9.17, 15) is 0 Å². The third-order valence-corrected chi connectivity index (χ3v) is 3.30. The zero-order valence-electron chi connectivity index (χ0n) is 11.2. The summed E-state index contributed by atoms with van der Waals surface area (Å²) in [4.78, 5) is 2.58. The molecule has 0 aromatic heterocycles. The van der Waals surface area contributed by atoms with Crippen molar-refractivity contribution in [3.05, 3.63) is 5.41 Å². The van der Waals surface area contributed by atoms with Crippen LogP contribution >= 0.6 is 0 Å². The first-order valence-corrected chi connectivity index (χ1v) is 6.50. The van der Waals surface area contributed by atoms with Crippen LogP contribution in [0.1, 0.15) is 45.4 Å². The minimum Gasteiger partial charge on any atom is -0.422 e. The highest BCUT2D eigenvalue weighted by Gasteiger charge is 2.21. The molecule has 0 aromatic carbocycles. The Hall–Kier alpha value is -1.17. The van der Waals surface area contributed by atoms with Gasteiger partial charge in [0.2, 0.25) is 0 Å². The maximum absolute atomic E-state index is 7.43. The van der Waals surface area contributed by atoms with Crippen LogP contribution in [0, 0.1) is 11.5 Å². The fourth-order valence-corrected chi connectivity index (χ4v) is 2.24. The zero-order valence-corrected chi connectivity index (χ0v) is 11.2. The Morgan fingerprint density at radius 1 is 1.24 bits per heavy atom. The van der Waals surface area contributed by atoms with Crippen molar-refractivity contribution in [2.75, 3.05) is 26.7 Å². The molecule has 0 N–H and O–H groups in total. The molecule has 4 nitrogen and oxygen atoms in total. The number of nitriles is 1. The van der Waals surface area contributed by atoms with Crippen LogP contribution in [0.2, 0.25) is 0 Å². The van der Waals surface area contributed by atoms with E-state index in [0.717, 1.165) is 0 Å². The van der Waals surface area contributed by atoms with Crippen LogP contribution in [0.15, 0.2) is 4.99 Å². The summed E-state index contributed by atoms with van der Waals surface area (Å²) in [7, 11) is 2.45. The summed E-state index contributed by atoms with van der Waals surface area (Å²) in [6, 6.07) is 1.28. The van der Waals surface area contributed by atoms with Gasteiger partial charge in [0.25, 0.3) is 0 Å². The van der Waals surface area contributed by atoms with E-state index in [1.807, 2.05) is 0 Å². The number of likely N-dealkylation sites (tertiary alicyclic amines) is 1. The number of nitrogens with zero attached hydrogens (tertiary/aromatic N) is 4.